The van der Waals surface area contributed by atoms with Crippen molar-refractivity contribution in [1.29, 1.82) is 0 Å². The molecular formula is C28H30Cl3N3O4S. The minimum atomic E-state index is -4.22. The molecule has 7 nitrogen and oxygen atoms in total. The molecule has 0 saturated heterocycles. The molecular weight excluding hydrogens is 581 g/mol. The fraction of sp³-hybridized carbons (Fsp3) is 0.286. The normalized spacial score (nSPS) is 12.5. The zero-order valence-corrected chi connectivity index (χ0v) is 25.1. The summed E-state index contributed by atoms with van der Waals surface area (Å²) in [5, 5.41) is 3.81. The Bertz CT molecular complexity index is 1410. The largest absolute Gasteiger partial charge is 0.350 e. The van der Waals surface area contributed by atoms with Crippen molar-refractivity contribution in [1.82, 2.24) is 10.2 Å². The van der Waals surface area contributed by atoms with Crippen LogP contribution in [0, 0.1) is 0 Å². The van der Waals surface area contributed by atoms with Crippen LogP contribution >= 0.6 is 34.8 Å². The van der Waals surface area contributed by atoms with E-state index in [2.05, 4.69) is 5.32 Å². The lowest BCUT2D eigenvalue weighted by molar-refractivity contribution is -0.140. The zero-order chi connectivity index (χ0) is 29.0. The number of anilines is 1. The average Bonchev–Trinajstić information content (AvgIpc) is 2.85. The molecule has 0 aromatic heterocycles. The quantitative estimate of drug-likeness (QED) is 0.314. The van der Waals surface area contributed by atoms with E-state index in [9.17, 15) is 18.0 Å². The highest BCUT2D eigenvalue weighted by molar-refractivity contribution is 7.92. The van der Waals surface area contributed by atoms with Crippen LogP contribution in [0.3, 0.4) is 0 Å². The molecule has 3 aromatic carbocycles. The number of halogens is 3. The van der Waals surface area contributed by atoms with Gasteiger partial charge in [0, 0.05) is 27.2 Å². The SMILES string of the molecule is C[C@@H](C(=O)NC(C)(C)C)N(Cc1ccc(Cl)cc1)C(=O)CN(c1cc(Cl)cc(Cl)c1)S(=O)(=O)c1ccccc1. The van der Waals surface area contributed by atoms with Crippen molar-refractivity contribution in [3.63, 3.8) is 0 Å². The van der Waals surface area contributed by atoms with Gasteiger partial charge in [-0.3, -0.25) is 13.9 Å². The van der Waals surface area contributed by atoms with Gasteiger partial charge in [-0.1, -0.05) is 65.1 Å². The van der Waals surface area contributed by atoms with Crippen LogP contribution in [0.25, 0.3) is 0 Å². The van der Waals surface area contributed by atoms with E-state index in [0.29, 0.717) is 10.6 Å². The van der Waals surface area contributed by atoms with Crippen molar-refractivity contribution in [2.24, 2.45) is 0 Å². The minimum absolute atomic E-state index is 0.0170. The van der Waals surface area contributed by atoms with Crippen LogP contribution in [-0.2, 0) is 26.2 Å². The number of rotatable bonds is 9. The number of benzene rings is 3. The second-order valence-corrected chi connectivity index (χ2v) is 13.2. The molecule has 0 heterocycles. The third-order valence-electron chi connectivity index (χ3n) is 5.68. The molecule has 0 spiro atoms. The number of amides is 2. The smallest absolute Gasteiger partial charge is 0.264 e. The molecule has 0 saturated carbocycles. The Hall–Kier alpha value is -2.78. The lowest BCUT2D eigenvalue weighted by Gasteiger charge is -2.33. The Morgan fingerprint density at radius 1 is 0.872 bits per heavy atom. The summed E-state index contributed by atoms with van der Waals surface area (Å²) in [5.74, 6) is -0.981. The lowest BCUT2D eigenvalue weighted by atomic mass is 10.1. The van der Waals surface area contributed by atoms with Gasteiger partial charge in [0.15, 0.2) is 0 Å². The van der Waals surface area contributed by atoms with Gasteiger partial charge < -0.3 is 10.2 Å². The van der Waals surface area contributed by atoms with Gasteiger partial charge in [0.1, 0.15) is 12.6 Å². The van der Waals surface area contributed by atoms with Gasteiger partial charge in [-0.15, -0.1) is 0 Å². The van der Waals surface area contributed by atoms with Crippen molar-refractivity contribution in [3.8, 4) is 0 Å². The van der Waals surface area contributed by atoms with E-state index >= 15 is 0 Å². The molecule has 0 fully saturated rings. The number of hydrogen-bond acceptors (Lipinski definition) is 4. The summed E-state index contributed by atoms with van der Waals surface area (Å²) in [4.78, 5) is 28.3. The summed E-state index contributed by atoms with van der Waals surface area (Å²) in [7, 11) is -4.22. The monoisotopic (exact) mass is 609 g/mol. The van der Waals surface area contributed by atoms with Crippen LogP contribution in [0.4, 0.5) is 5.69 Å². The zero-order valence-electron chi connectivity index (χ0n) is 22.0. The molecule has 0 aliphatic heterocycles. The maximum atomic E-state index is 13.9. The molecule has 1 N–H and O–H groups in total. The molecule has 0 aliphatic carbocycles. The Morgan fingerprint density at radius 2 is 1.44 bits per heavy atom. The summed E-state index contributed by atoms with van der Waals surface area (Å²) < 4.78 is 28.5. The molecule has 3 rings (SSSR count). The van der Waals surface area contributed by atoms with Gasteiger partial charge in [-0.2, -0.15) is 0 Å². The van der Waals surface area contributed by atoms with Crippen molar-refractivity contribution in [3.05, 3.63) is 93.4 Å². The lowest BCUT2D eigenvalue weighted by Crippen LogP contribution is -2.54. The highest BCUT2D eigenvalue weighted by Gasteiger charge is 2.33. The number of carbonyl (C=O) groups excluding carboxylic acids is 2. The van der Waals surface area contributed by atoms with Crippen LogP contribution in [0.5, 0.6) is 0 Å². The number of nitrogens with zero attached hydrogens (tertiary/aromatic N) is 2. The third-order valence-corrected chi connectivity index (χ3v) is 8.15. The van der Waals surface area contributed by atoms with Crippen LogP contribution in [0.15, 0.2) is 77.7 Å². The Balaban J connectivity index is 2.05. The molecule has 0 aliphatic rings. The summed E-state index contributed by atoms with van der Waals surface area (Å²) in [6, 6.07) is 18.0. The van der Waals surface area contributed by atoms with E-state index in [1.54, 1.807) is 49.4 Å². The van der Waals surface area contributed by atoms with Crippen LogP contribution < -0.4 is 9.62 Å². The molecule has 0 unspecified atom stereocenters. The fourth-order valence-corrected chi connectivity index (χ4v) is 5.83. The van der Waals surface area contributed by atoms with Gasteiger partial charge in [-0.25, -0.2) is 8.42 Å². The van der Waals surface area contributed by atoms with E-state index in [1.807, 2.05) is 20.8 Å². The molecule has 2 amide bonds. The van der Waals surface area contributed by atoms with Crippen molar-refractivity contribution in [2.75, 3.05) is 10.8 Å². The van der Waals surface area contributed by atoms with Crippen molar-refractivity contribution >= 4 is 62.3 Å². The third kappa shape index (κ3) is 8.35. The van der Waals surface area contributed by atoms with Crippen molar-refractivity contribution in [2.45, 2.75) is 50.7 Å². The highest BCUT2D eigenvalue weighted by atomic mass is 35.5. The molecule has 11 heteroatoms. The predicted octanol–water partition coefficient (Wildman–Crippen LogP) is 6.17. The fourth-order valence-electron chi connectivity index (χ4n) is 3.77. The number of hydrogen-bond donors (Lipinski definition) is 1. The highest BCUT2D eigenvalue weighted by Crippen LogP contribution is 2.30. The van der Waals surface area contributed by atoms with Crippen molar-refractivity contribution < 1.29 is 18.0 Å². The molecule has 1 atom stereocenters. The van der Waals surface area contributed by atoms with Gasteiger partial charge in [0.25, 0.3) is 10.0 Å². The van der Waals surface area contributed by atoms with E-state index in [0.717, 1.165) is 4.31 Å². The first-order valence-corrected chi connectivity index (χ1v) is 14.6. The van der Waals surface area contributed by atoms with Crippen LogP contribution in [-0.4, -0.2) is 43.3 Å². The standard InChI is InChI=1S/C28H30Cl3N3O4S/c1-19(27(36)32-28(2,3)4)33(17-20-10-12-21(29)13-11-20)26(35)18-34(24-15-22(30)14-23(31)16-24)39(37,38)25-8-6-5-7-9-25/h5-16,19H,17-18H2,1-4H3,(H,32,36)/t19-/m0/s1. The molecule has 3 aromatic rings. The molecule has 39 heavy (non-hydrogen) atoms. The summed E-state index contributed by atoms with van der Waals surface area (Å²) >= 11 is 18.4. The molecule has 208 valence electrons. The van der Waals surface area contributed by atoms with Gasteiger partial charge >= 0.3 is 0 Å². The first kappa shape index (κ1) is 30.8. The Morgan fingerprint density at radius 3 is 1.97 bits per heavy atom. The van der Waals surface area contributed by atoms with E-state index < -0.39 is 34.1 Å². The summed E-state index contributed by atoms with van der Waals surface area (Å²) in [6.45, 7) is 6.54. The van der Waals surface area contributed by atoms with Gasteiger partial charge in [-0.05, 0) is 75.7 Å². The van der Waals surface area contributed by atoms with Crippen LogP contribution in [0.2, 0.25) is 15.1 Å². The topological polar surface area (TPSA) is 86.8 Å². The number of carbonyl (C=O) groups is 2. The van der Waals surface area contributed by atoms with E-state index in [-0.39, 0.29) is 33.1 Å². The second-order valence-electron chi connectivity index (χ2n) is 10.0. The first-order chi connectivity index (χ1) is 18.2. The van der Waals surface area contributed by atoms with Gasteiger partial charge in [0.2, 0.25) is 11.8 Å². The maximum absolute atomic E-state index is 13.9. The Kier molecular flexibility index (Phi) is 9.93. The first-order valence-electron chi connectivity index (χ1n) is 12.1. The minimum Gasteiger partial charge on any atom is -0.350 e. The Labute approximate surface area is 244 Å². The summed E-state index contributed by atoms with van der Waals surface area (Å²) in [6.07, 6.45) is 0. The number of nitrogens with one attached hydrogen (secondary N) is 1. The number of sulfonamides is 1. The van der Waals surface area contributed by atoms with E-state index in [1.165, 1.54) is 35.2 Å². The molecule has 0 bridgehead atoms. The second kappa shape index (κ2) is 12.6. The predicted molar refractivity (Wildman–Crippen MR) is 157 cm³/mol. The summed E-state index contributed by atoms with van der Waals surface area (Å²) in [5.41, 5.74) is 0.287. The average molecular weight is 611 g/mol. The van der Waals surface area contributed by atoms with E-state index in [4.69, 9.17) is 34.8 Å². The molecule has 0 radical (unpaired) electrons. The maximum Gasteiger partial charge on any atom is 0.264 e. The van der Waals surface area contributed by atoms with Crippen LogP contribution in [0.1, 0.15) is 33.3 Å². The van der Waals surface area contributed by atoms with Gasteiger partial charge in [0.05, 0.1) is 10.6 Å².